The van der Waals surface area contributed by atoms with Gasteiger partial charge in [-0.1, -0.05) is 49.2 Å². The Morgan fingerprint density at radius 1 is 1.03 bits per heavy atom. The first-order valence-corrected chi connectivity index (χ1v) is 11.6. The van der Waals surface area contributed by atoms with Crippen molar-refractivity contribution in [3.8, 4) is 0 Å². The number of benzene rings is 1. The van der Waals surface area contributed by atoms with Crippen LogP contribution >= 0.6 is 11.6 Å². The summed E-state index contributed by atoms with van der Waals surface area (Å²) < 4.78 is 0. The fraction of sp³-hybridized carbons (Fsp3) is 0.577. The second-order valence-electron chi connectivity index (χ2n) is 10.4. The molecule has 0 radical (unpaired) electrons. The summed E-state index contributed by atoms with van der Waals surface area (Å²) in [6.07, 6.45) is 11.3. The van der Waals surface area contributed by atoms with E-state index in [9.17, 15) is 9.90 Å². The molecule has 2 nitrogen and oxygen atoms in total. The standard InChI is InChI=1S/C26H31ClO2/c1-25-11-9-20(28)15-18(25)5-8-21-22(25)10-12-26(2)23(21)14-17(24(26)29)13-16-3-6-19(27)7-4-16/h3-7,13,20-23,28H,8-12,14-15H2,1-2H3/t20-,21+,22+,23-,25+,26+/m0/s1. The van der Waals surface area contributed by atoms with Crippen LogP contribution in [0.2, 0.25) is 5.02 Å². The average molecular weight is 411 g/mol. The molecule has 0 bridgehead atoms. The minimum absolute atomic E-state index is 0.165. The molecule has 4 aliphatic rings. The molecular weight excluding hydrogens is 380 g/mol. The van der Waals surface area contributed by atoms with Crippen molar-refractivity contribution in [1.82, 2.24) is 0 Å². The molecule has 5 rings (SSSR count). The molecule has 1 aromatic carbocycles. The first kappa shape index (κ1) is 19.6. The highest BCUT2D eigenvalue weighted by Crippen LogP contribution is 2.64. The Labute approximate surface area is 179 Å². The normalized spacial score (nSPS) is 42.8. The third-order valence-electron chi connectivity index (χ3n) is 8.93. The van der Waals surface area contributed by atoms with Crippen molar-refractivity contribution in [2.45, 2.75) is 64.9 Å². The monoisotopic (exact) mass is 410 g/mol. The molecule has 6 atom stereocenters. The van der Waals surface area contributed by atoms with Gasteiger partial charge in [-0.2, -0.15) is 0 Å². The number of fused-ring (bicyclic) bond motifs is 5. The predicted molar refractivity (Wildman–Crippen MR) is 118 cm³/mol. The molecule has 3 heteroatoms. The number of carbonyl (C=O) groups excluding carboxylic acids is 1. The van der Waals surface area contributed by atoms with Crippen molar-refractivity contribution in [3.63, 3.8) is 0 Å². The van der Waals surface area contributed by atoms with E-state index in [-0.39, 0.29) is 16.9 Å². The molecule has 1 aromatic rings. The van der Waals surface area contributed by atoms with Gasteiger partial charge in [0.2, 0.25) is 0 Å². The van der Waals surface area contributed by atoms with Crippen LogP contribution in [0.15, 0.2) is 41.5 Å². The molecule has 3 fully saturated rings. The quantitative estimate of drug-likeness (QED) is 0.440. The van der Waals surface area contributed by atoms with E-state index in [1.807, 2.05) is 24.3 Å². The van der Waals surface area contributed by atoms with Gasteiger partial charge in [0.25, 0.3) is 0 Å². The second-order valence-corrected chi connectivity index (χ2v) is 10.8. The van der Waals surface area contributed by atoms with Gasteiger partial charge in [-0.3, -0.25) is 4.79 Å². The number of hydrogen-bond acceptors (Lipinski definition) is 2. The van der Waals surface area contributed by atoms with E-state index in [4.69, 9.17) is 11.6 Å². The molecule has 0 aromatic heterocycles. The van der Waals surface area contributed by atoms with Crippen LogP contribution in [0, 0.1) is 28.6 Å². The summed E-state index contributed by atoms with van der Waals surface area (Å²) >= 11 is 6.02. The maximum absolute atomic E-state index is 13.5. The summed E-state index contributed by atoms with van der Waals surface area (Å²) in [6.45, 7) is 4.66. The van der Waals surface area contributed by atoms with E-state index in [1.165, 1.54) is 5.57 Å². The minimum atomic E-state index is -0.213. The Kier molecular flexibility index (Phi) is 4.60. The molecule has 3 saturated carbocycles. The topological polar surface area (TPSA) is 37.3 Å². The van der Waals surface area contributed by atoms with E-state index < -0.39 is 0 Å². The smallest absolute Gasteiger partial charge is 0.165 e. The molecule has 0 unspecified atom stereocenters. The van der Waals surface area contributed by atoms with Gasteiger partial charge in [0.1, 0.15) is 0 Å². The van der Waals surface area contributed by atoms with Gasteiger partial charge < -0.3 is 5.11 Å². The van der Waals surface area contributed by atoms with Crippen LogP contribution in [0.1, 0.15) is 64.4 Å². The maximum Gasteiger partial charge on any atom is 0.165 e. The lowest BCUT2D eigenvalue weighted by Gasteiger charge is -2.56. The van der Waals surface area contributed by atoms with E-state index in [0.717, 1.165) is 61.1 Å². The van der Waals surface area contributed by atoms with Gasteiger partial charge >= 0.3 is 0 Å². The highest BCUT2D eigenvalue weighted by molar-refractivity contribution is 6.30. The zero-order valence-corrected chi connectivity index (χ0v) is 18.2. The van der Waals surface area contributed by atoms with Crippen molar-refractivity contribution < 1.29 is 9.90 Å². The fourth-order valence-corrected chi connectivity index (χ4v) is 7.33. The number of rotatable bonds is 1. The Balaban J connectivity index is 1.47. The number of halogens is 1. The van der Waals surface area contributed by atoms with Gasteiger partial charge in [0.15, 0.2) is 5.78 Å². The van der Waals surface area contributed by atoms with E-state index >= 15 is 0 Å². The van der Waals surface area contributed by atoms with Crippen LogP contribution < -0.4 is 0 Å². The van der Waals surface area contributed by atoms with Crippen LogP contribution in [0.25, 0.3) is 6.08 Å². The molecule has 0 heterocycles. The van der Waals surface area contributed by atoms with E-state index in [0.29, 0.717) is 23.5 Å². The highest BCUT2D eigenvalue weighted by Gasteiger charge is 2.59. The molecule has 4 aliphatic carbocycles. The van der Waals surface area contributed by atoms with Gasteiger partial charge in [-0.15, -0.1) is 0 Å². The molecule has 0 saturated heterocycles. The fourth-order valence-electron chi connectivity index (χ4n) is 7.20. The maximum atomic E-state index is 13.5. The third-order valence-corrected chi connectivity index (χ3v) is 9.18. The largest absolute Gasteiger partial charge is 0.393 e. The molecule has 0 spiro atoms. The molecular formula is C26H31ClO2. The van der Waals surface area contributed by atoms with Gasteiger partial charge in [0.05, 0.1) is 6.10 Å². The first-order valence-electron chi connectivity index (χ1n) is 11.2. The summed E-state index contributed by atoms with van der Waals surface area (Å²) in [4.78, 5) is 13.5. The summed E-state index contributed by atoms with van der Waals surface area (Å²) in [5.41, 5.74) is 3.56. The Hall–Kier alpha value is -1.38. The van der Waals surface area contributed by atoms with Gasteiger partial charge in [0, 0.05) is 10.4 Å². The number of carbonyl (C=O) groups is 1. The number of allylic oxidation sites excluding steroid dienone is 2. The molecule has 29 heavy (non-hydrogen) atoms. The summed E-state index contributed by atoms with van der Waals surface area (Å²) in [6, 6.07) is 7.79. The van der Waals surface area contributed by atoms with E-state index in [1.54, 1.807) is 0 Å². The Bertz CT molecular complexity index is 898. The molecule has 1 N–H and O–H groups in total. The van der Waals surface area contributed by atoms with Gasteiger partial charge in [-0.25, -0.2) is 0 Å². The van der Waals surface area contributed by atoms with Gasteiger partial charge in [-0.05, 0) is 97.5 Å². The summed E-state index contributed by atoms with van der Waals surface area (Å²) in [5.74, 6) is 2.04. The molecule has 0 aliphatic heterocycles. The van der Waals surface area contributed by atoms with Crippen molar-refractivity contribution in [3.05, 3.63) is 52.1 Å². The van der Waals surface area contributed by atoms with Crippen molar-refractivity contribution >= 4 is 23.5 Å². The second kappa shape index (κ2) is 6.82. The van der Waals surface area contributed by atoms with Crippen molar-refractivity contribution in [2.75, 3.05) is 0 Å². The van der Waals surface area contributed by atoms with Crippen LogP contribution in [-0.2, 0) is 4.79 Å². The number of Topliss-reactive ketones (excluding diaryl/α,β-unsaturated/α-hetero) is 1. The lowest BCUT2D eigenvalue weighted by atomic mass is 9.48. The number of aliphatic hydroxyl groups is 1. The van der Waals surface area contributed by atoms with E-state index in [2.05, 4.69) is 26.0 Å². The highest BCUT2D eigenvalue weighted by atomic mass is 35.5. The Morgan fingerprint density at radius 3 is 2.52 bits per heavy atom. The first-order chi connectivity index (χ1) is 13.8. The molecule has 154 valence electrons. The third kappa shape index (κ3) is 2.98. The van der Waals surface area contributed by atoms with Crippen molar-refractivity contribution in [1.29, 1.82) is 0 Å². The average Bonchev–Trinajstić information content (AvgIpc) is 2.95. The zero-order chi connectivity index (χ0) is 20.4. The molecule has 0 amide bonds. The van der Waals surface area contributed by atoms with Crippen LogP contribution in [0.4, 0.5) is 0 Å². The zero-order valence-electron chi connectivity index (χ0n) is 17.5. The predicted octanol–water partition coefficient (Wildman–Crippen LogP) is 6.23. The number of aliphatic hydroxyl groups excluding tert-OH is 1. The SMILES string of the molecule is C[C@@]12CC[C@@H]3[C@@H](CC=C4C[C@@H](O)CC[C@]43C)[C@@H]1CC(=Cc1ccc(Cl)cc1)C2=O. The van der Waals surface area contributed by atoms with Crippen LogP contribution in [-0.4, -0.2) is 17.0 Å². The lowest BCUT2D eigenvalue weighted by molar-refractivity contribution is -0.130. The number of hydrogen-bond donors (Lipinski definition) is 1. The minimum Gasteiger partial charge on any atom is -0.393 e. The number of ketones is 1. The summed E-state index contributed by atoms with van der Waals surface area (Å²) in [7, 11) is 0. The lowest BCUT2D eigenvalue weighted by Crippen LogP contribution is -2.50. The van der Waals surface area contributed by atoms with Crippen molar-refractivity contribution in [2.24, 2.45) is 28.6 Å². The van der Waals surface area contributed by atoms with Crippen LogP contribution in [0.5, 0.6) is 0 Å². The summed E-state index contributed by atoms with van der Waals surface area (Å²) in [5, 5.41) is 10.9. The Morgan fingerprint density at radius 2 is 1.76 bits per heavy atom. The van der Waals surface area contributed by atoms with Crippen LogP contribution in [0.3, 0.4) is 0 Å².